The average Bonchev–Trinajstić information content (AvgIpc) is 2.46. The average molecular weight is 324 g/mol. The smallest absolute Gasteiger partial charge is 0.393 e. The van der Waals surface area contributed by atoms with Gasteiger partial charge in [0.05, 0.1) is 12.0 Å². The molecule has 0 saturated carbocycles. The van der Waals surface area contributed by atoms with Crippen LogP contribution in [0.15, 0.2) is 42.5 Å². The number of carbonyl (C=O) groups is 1. The number of hydrogen-bond donors (Lipinski definition) is 1. The van der Waals surface area contributed by atoms with E-state index < -0.39 is 18.6 Å². The summed E-state index contributed by atoms with van der Waals surface area (Å²) in [6, 6.07) is 11.4. The van der Waals surface area contributed by atoms with Crippen LogP contribution in [0.3, 0.4) is 0 Å². The molecule has 0 amide bonds. The van der Waals surface area contributed by atoms with Gasteiger partial charge in [0, 0.05) is 5.56 Å². The summed E-state index contributed by atoms with van der Waals surface area (Å²) in [5, 5.41) is 9.07. The van der Waals surface area contributed by atoms with Crippen molar-refractivity contribution in [3.63, 3.8) is 0 Å². The third-order valence-corrected chi connectivity index (χ3v) is 3.27. The lowest BCUT2D eigenvalue weighted by molar-refractivity contribution is -0.127. The van der Waals surface area contributed by atoms with Gasteiger partial charge in [0.15, 0.2) is 0 Å². The lowest BCUT2D eigenvalue weighted by Crippen LogP contribution is -2.14. The molecule has 0 aromatic heterocycles. The first-order chi connectivity index (χ1) is 10.8. The topological polar surface area (TPSA) is 46.5 Å². The van der Waals surface area contributed by atoms with Crippen molar-refractivity contribution in [3.05, 3.63) is 64.7 Å². The van der Waals surface area contributed by atoms with E-state index in [9.17, 15) is 18.0 Å². The van der Waals surface area contributed by atoms with E-state index in [1.54, 1.807) is 24.3 Å². The van der Waals surface area contributed by atoms with Crippen molar-refractivity contribution in [1.29, 1.82) is 0 Å². The van der Waals surface area contributed by atoms with Crippen LogP contribution in [0.4, 0.5) is 13.2 Å². The number of hydrogen-bond acceptors (Lipinski definition) is 2. The summed E-state index contributed by atoms with van der Waals surface area (Å²) in [6.07, 6.45) is -5.69. The number of carboxylic acids is 1. The Morgan fingerprint density at radius 2 is 1.83 bits per heavy atom. The van der Waals surface area contributed by atoms with Gasteiger partial charge in [0.2, 0.25) is 0 Å². The van der Waals surface area contributed by atoms with Gasteiger partial charge in [-0.3, -0.25) is 0 Å². The molecule has 0 saturated heterocycles. The van der Waals surface area contributed by atoms with Crippen LogP contribution < -0.4 is 4.74 Å². The summed E-state index contributed by atoms with van der Waals surface area (Å²) in [6.45, 7) is 1.63. The largest absolute Gasteiger partial charge is 0.489 e. The lowest BCUT2D eigenvalue weighted by Gasteiger charge is -2.15. The molecular formula is C17H15F3O3. The minimum Gasteiger partial charge on any atom is -0.489 e. The number of halogens is 3. The quantitative estimate of drug-likeness (QED) is 0.888. The Balaban J connectivity index is 2.32. The Morgan fingerprint density at radius 3 is 2.39 bits per heavy atom. The van der Waals surface area contributed by atoms with Crippen molar-refractivity contribution in [3.8, 4) is 5.75 Å². The fraction of sp³-hybridized carbons (Fsp3) is 0.235. The normalized spacial score (nSPS) is 11.3. The predicted molar refractivity (Wildman–Crippen MR) is 78.7 cm³/mol. The van der Waals surface area contributed by atoms with Gasteiger partial charge >= 0.3 is 12.1 Å². The van der Waals surface area contributed by atoms with E-state index >= 15 is 0 Å². The van der Waals surface area contributed by atoms with Crippen molar-refractivity contribution >= 4 is 5.97 Å². The molecule has 0 spiro atoms. The van der Waals surface area contributed by atoms with Crippen LogP contribution in [0.2, 0.25) is 0 Å². The van der Waals surface area contributed by atoms with E-state index in [0.717, 1.165) is 11.6 Å². The van der Waals surface area contributed by atoms with E-state index in [1.807, 2.05) is 6.07 Å². The SMILES string of the molecule is Cc1cc(OCc2ccccc2)c(CC(F)(F)F)cc1C(=O)O. The van der Waals surface area contributed by atoms with Crippen molar-refractivity contribution in [2.45, 2.75) is 26.1 Å². The minimum absolute atomic E-state index is 0.0497. The van der Waals surface area contributed by atoms with Crippen LogP contribution in [0.1, 0.15) is 27.0 Å². The maximum Gasteiger partial charge on any atom is 0.393 e. The van der Waals surface area contributed by atoms with Crippen molar-refractivity contribution < 1.29 is 27.8 Å². The number of ether oxygens (including phenoxy) is 1. The molecule has 2 rings (SSSR count). The van der Waals surface area contributed by atoms with Gasteiger partial charge in [-0.25, -0.2) is 4.79 Å². The molecule has 6 heteroatoms. The maximum atomic E-state index is 12.7. The molecule has 0 radical (unpaired) electrons. The minimum atomic E-state index is -4.45. The highest BCUT2D eigenvalue weighted by Gasteiger charge is 2.30. The number of aryl methyl sites for hydroxylation is 1. The second-order valence-corrected chi connectivity index (χ2v) is 5.15. The first kappa shape index (κ1) is 16.9. The van der Waals surface area contributed by atoms with Gasteiger partial charge in [-0.05, 0) is 30.2 Å². The van der Waals surface area contributed by atoms with Crippen LogP contribution in [-0.4, -0.2) is 17.3 Å². The summed E-state index contributed by atoms with van der Waals surface area (Å²) >= 11 is 0. The Bertz CT molecular complexity index is 694. The van der Waals surface area contributed by atoms with Gasteiger partial charge in [0.25, 0.3) is 0 Å². The highest BCUT2D eigenvalue weighted by atomic mass is 19.4. The third kappa shape index (κ3) is 4.74. The summed E-state index contributed by atoms with van der Waals surface area (Å²) in [7, 11) is 0. The van der Waals surface area contributed by atoms with E-state index in [1.165, 1.54) is 13.0 Å². The molecule has 2 aromatic rings. The second-order valence-electron chi connectivity index (χ2n) is 5.15. The molecule has 0 heterocycles. The molecule has 122 valence electrons. The van der Waals surface area contributed by atoms with E-state index in [4.69, 9.17) is 9.84 Å². The van der Waals surface area contributed by atoms with Gasteiger partial charge in [-0.1, -0.05) is 30.3 Å². The zero-order valence-corrected chi connectivity index (χ0v) is 12.4. The molecule has 0 fully saturated rings. The molecule has 23 heavy (non-hydrogen) atoms. The Kier molecular flexibility index (Phi) is 4.93. The van der Waals surface area contributed by atoms with Gasteiger partial charge in [-0.2, -0.15) is 13.2 Å². The van der Waals surface area contributed by atoms with Crippen LogP contribution in [-0.2, 0) is 13.0 Å². The fourth-order valence-electron chi connectivity index (χ4n) is 2.18. The standard InChI is InChI=1S/C17H15F3O3/c1-11-7-15(23-10-12-5-3-2-4-6-12)13(9-17(18,19)20)8-14(11)16(21)22/h2-8H,9-10H2,1H3,(H,21,22). The lowest BCUT2D eigenvalue weighted by atomic mass is 10.0. The summed E-state index contributed by atoms with van der Waals surface area (Å²) in [4.78, 5) is 11.1. The van der Waals surface area contributed by atoms with Crippen LogP contribution in [0.5, 0.6) is 5.75 Å². The first-order valence-electron chi connectivity index (χ1n) is 6.86. The molecule has 0 bridgehead atoms. The van der Waals surface area contributed by atoms with E-state index in [-0.39, 0.29) is 23.5 Å². The molecule has 0 atom stereocenters. The second kappa shape index (κ2) is 6.73. The molecule has 0 aliphatic heterocycles. The number of rotatable bonds is 5. The molecule has 0 aliphatic carbocycles. The van der Waals surface area contributed by atoms with E-state index in [0.29, 0.717) is 5.56 Å². The van der Waals surface area contributed by atoms with Crippen LogP contribution in [0, 0.1) is 6.92 Å². The molecule has 1 N–H and O–H groups in total. The highest BCUT2D eigenvalue weighted by Crippen LogP contribution is 2.31. The molecule has 2 aromatic carbocycles. The van der Waals surface area contributed by atoms with Crippen molar-refractivity contribution in [2.75, 3.05) is 0 Å². The summed E-state index contributed by atoms with van der Waals surface area (Å²) < 4.78 is 43.6. The molecular weight excluding hydrogens is 309 g/mol. The molecule has 0 aliphatic rings. The number of carboxylic acid groups (broad SMARTS) is 1. The fourth-order valence-corrected chi connectivity index (χ4v) is 2.18. The van der Waals surface area contributed by atoms with E-state index in [2.05, 4.69) is 0 Å². The summed E-state index contributed by atoms with van der Waals surface area (Å²) in [5.74, 6) is -1.21. The van der Waals surface area contributed by atoms with Crippen LogP contribution in [0.25, 0.3) is 0 Å². The maximum absolute atomic E-state index is 12.7. The van der Waals surface area contributed by atoms with Gasteiger partial charge in [0.1, 0.15) is 12.4 Å². The monoisotopic (exact) mass is 324 g/mol. The van der Waals surface area contributed by atoms with Crippen LogP contribution >= 0.6 is 0 Å². The molecule has 3 nitrogen and oxygen atoms in total. The predicted octanol–water partition coefficient (Wildman–Crippen LogP) is 4.38. The zero-order chi connectivity index (χ0) is 17.0. The zero-order valence-electron chi connectivity index (χ0n) is 12.4. The number of benzene rings is 2. The van der Waals surface area contributed by atoms with Crippen molar-refractivity contribution in [1.82, 2.24) is 0 Å². The number of aromatic carboxylic acids is 1. The third-order valence-electron chi connectivity index (χ3n) is 3.27. The Labute approximate surface area is 131 Å². The van der Waals surface area contributed by atoms with Crippen molar-refractivity contribution in [2.24, 2.45) is 0 Å². The Hall–Kier alpha value is -2.50. The Morgan fingerprint density at radius 1 is 1.17 bits per heavy atom. The van der Waals surface area contributed by atoms with Gasteiger partial charge < -0.3 is 9.84 Å². The van der Waals surface area contributed by atoms with Gasteiger partial charge in [-0.15, -0.1) is 0 Å². The highest BCUT2D eigenvalue weighted by molar-refractivity contribution is 5.90. The molecule has 0 unspecified atom stereocenters. The summed E-state index contributed by atoms with van der Waals surface area (Å²) in [5.41, 5.74) is 0.824. The first-order valence-corrected chi connectivity index (χ1v) is 6.86. The number of alkyl halides is 3.